The van der Waals surface area contributed by atoms with Crippen LogP contribution >= 0.6 is 11.8 Å². The molecule has 2 rings (SSSR count). The lowest BCUT2D eigenvalue weighted by molar-refractivity contribution is 0.592. The summed E-state index contributed by atoms with van der Waals surface area (Å²) in [4.78, 5) is 4.40. The monoisotopic (exact) mass is 270 g/mol. The van der Waals surface area contributed by atoms with E-state index in [1.807, 2.05) is 13.0 Å². The van der Waals surface area contributed by atoms with Crippen LogP contribution in [0.15, 0.2) is 28.1 Å². The van der Waals surface area contributed by atoms with Crippen molar-refractivity contribution in [2.75, 3.05) is 12.3 Å². The van der Waals surface area contributed by atoms with E-state index in [1.54, 1.807) is 19.1 Å². The second kappa shape index (κ2) is 4.70. The van der Waals surface area contributed by atoms with Gasteiger partial charge in [-0.3, -0.25) is 9.71 Å². The van der Waals surface area contributed by atoms with Gasteiger partial charge >= 0.3 is 0 Å². The van der Waals surface area contributed by atoms with Crippen LogP contribution in [-0.4, -0.2) is 25.9 Å². The van der Waals surface area contributed by atoms with Crippen LogP contribution in [0.4, 0.5) is 0 Å². The molecule has 1 heterocycles. The summed E-state index contributed by atoms with van der Waals surface area (Å²) in [6.45, 7) is 4.41. The minimum atomic E-state index is -3.49. The van der Waals surface area contributed by atoms with Crippen molar-refractivity contribution in [3.05, 3.63) is 29.3 Å². The molecule has 0 spiro atoms. The number of rotatable bonds is 2. The van der Waals surface area contributed by atoms with E-state index < -0.39 is 10.0 Å². The van der Waals surface area contributed by atoms with Crippen LogP contribution < -0.4 is 4.72 Å². The smallest absolute Gasteiger partial charge is 0.261 e. The maximum atomic E-state index is 12.1. The maximum Gasteiger partial charge on any atom is 0.263 e. The van der Waals surface area contributed by atoms with Gasteiger partial charge in [0, 0.05) is 5.75 Å². The first-order valence-corrected chi connectivity index (χ1v) is 7.73. The molecule has 1 aromatic carbocycles. The van der Waals surface area contributed by atoms with Crippen molar-refractivity contribution in [3.8, 4) is 0 Å². The molecule has 1 N–H and O–H groups in total. The lowest BCUT2D eigenvalue weighted by atomic mass is 10.2. The molecule has 4 nitrogen and oxygen atoms in total. The lowest BCUT2D eigenvalue weighted by Crippen LogP contribution is -2.28. The number of amidine groups is 1. The number of hydrogen-bond donors (Lipinski definition) is 1. The molecule has 17 heavy (non-hydrogen) atoms. The van der Waals surface area contributed by atoms with Gasteiger partial charge in [-0.2, -0.15) is 0 Å². The van der Waals surface area contributed by atoms with Crippen molar-refractivity contribution in [1.29, 1.82) is 0 Å². The van der Waals surface area contributed by atoms with Crippen molar-refractivity contribution in [3.63, 3.8) is 0 Å². The number of aliphatic imine (C=N–C) groups is 1. The number of thioether (sulfide) groups is 1. The average Bonchev–Trinajstić information content (AvgIpc) is 2.68. The Kier molecular flexibility index (Phi) is 3.44. The van der Waals surface area contributed by atoms with E-state index in [0.29, 0.717) is 16.6 Å². The third-order valence-corrected chi connectivity index (χ3v) is 4.95. The van der Waals surface area contributed by atoms with Crippen LogP contribution in [0.5, 0.6) is 0 Å². The van der Waals surface area contributed by atoms with Gasteiger partial charge < -0.3 is 0 Å². The van der Waals surface area contributed by atoms with E-state index in [-0.39, 0.29) is 0 Å². The second-order valence-corrected chi connectivity index (χ2v) is 6.64. The first-order chi connectivity index (χ1) is 7.99. The predicted molar refractivity (Wildman–Crippen MR) is 71.0 cm³/mol. The number of nitrogens with one attached hydrogen (secondary N) is 1. The molecule has 0 atom stereocenters. The summed E-state index contributed by atoms with van der Waals surface area (Å²) in [5, 5.41) is 0.491. The molecule has 0 bridgehead atoms. The van der Waals surface area contributed by atoms with Crippen LogP contribution in [0.3, 0.4) is 0 Å². The summed E-state index contributed by atoms with van der Waals surface area (Å²) in [6.07, 6.45) is 0. The molecule has 0 aliphatic carbocycles. The quantitative estimate of drug-likeness (QED) is 0.889. The lowest BCUT2D eigenvalue weighted by Gasteiger charge is -2.10. The second-order valence-electron chi connectivity index (χ2n) is 3.91. The van der Waals surface area contributed by atoms with Crippen LogP contribution in [0, 0.1) is 13.8 Å². The highest BCUT2D eigenvalue weighted by Gasteiger charge is 2.20. The molecule has 0 saturated heterocycles. The number of hydrogen-bond acceptors (Lipinski definition) is 4. The Labute approximate surface area is 106 Å². The summed E-state index contributed by atoms with van der Waals surface area (Å²) in [6, 6.07) is 5.29. The Morgan fingerprint density at radius 1 is 1.35 bits per heavy atom. The van der Waals surface area contributed by atoms with Gasteiger partial charge in [0.15, 0.2) is 5.17 Å². The summed E-state index contributed by atoms with van der Waals surface area (Å²) in [7, 11) is -3.49. The van der Waals surface area contributed by atoms with E-state index in [1.165, 1.54) is 11.8 Å². The first-order valence-electron chi connectivity index (χ1n) is 5.26. The minimum Gasteiger partial charge on any atom is -0.261 e. The predicted octanol–water partition coefficient (Wildman–Crippen LogP) is 1.68. The molecular formula is C11H14N2O2S2. The normalized spacial score (nSPS) is 15.8. The molecular weight excluding hydrogens is 256 g/mol. The molecule has 1 aliphatic rings. The molecule has 0 aromatic heterocycles. The SMILES string of the molecule is Cc1ccc(S(=O)(=O)NC2=NCCS2)c(C)c1. The average molecular weight is 270 g/mol. The highest BCUT2D eigenvalue weighted by Crippen LogP contribution is 2.18. The third kappa shape index (κ3) is 2.81. The Hall–Kier alpha value is -1.01. The van der Waals surface area contributed by atoms with Gasteiger partial charge in [0.1, 0.15) is 0 Å². The molecule has 1 aromatic rings. The molecule has 0 amide bonds. The molecule has 0 radical (unpaired) electrons. The van der Waals surface area contributed by atoms with Gasteiger partial charge in [0.05, 0.1) is 11.4 Å². The molecule has 0 saturated carbocycles. The Morgan fingerprint density at radius 2 is 2.12 bits per heavy atom. The van der Waals surface area contributed by atoms with Gasteiger partial charge in [0.2, 0.25) is 0 Å². The van der Waals surface area contributed by atoms with Crippen molar-refractivity contribution in [2.24, 2.45) is 4.99 Å². The molecule has 6 heteroatoms. The van der Waals surface area contributed by atoms with Crippen LogP contribution in [-0.2, 0) is 10.0 Å². The number of nitrogens with zero attached hydrogens (tertiary/aromatic N) is 1. The highest BCUT2D eigenvalue weighted by atomic mass is 32.2. The van der Waals surface area contributed by atoms with E-state index in [0.717, 1.165) is 16.9 Å². The van der Waals surface area contributed by atoms with Crippen LogP contribution in [0.1, 0.15) is 11.1 Å². The van der Waals surface area contributed by atoms with Crippen LogP contribution in [0.2, 0.25) is 0 Å². The number of aryl methyl sites for hydroxylation is 2. The molecule has 92 valence electrons. The van der Waals surface area contributed by atoms with Crippen molar-refractivity contribution >= 4 is 27.0 Å². The Balaban J connectivity index is 2.31. The highest BCUT2D eigenvalue weighted by molar-refractivity contribution is 8.15. The fraction of sp³-hybridized carbons (Fsp3) is 0.364. The topological polar surface area (TPSA) is 58.5 Å². The largest absolute Gasteiger partial charge is 0.263 e. The zero-order valence-electron chi connectivity index (χ0n) is 9.73. The van der Waals surface area contributed by atoms with Gasteiger partial charge in [-0.05, 0) is 25.5 Å². The van der Waals surface area contributed by atoms with Crippen molar-refractivity contribution in [2.45, 2.75) is 18.7 Å². The molecule has 1 aliphatic heterocycles. The Bertz CT molecular complexity index is 565. The van der Waals surface area contributed by atoms with Crippen molar-refractivity contribution in [1.82, 2.24) is 4.72 Å². The van der Waals surface area contributed by atoms with Gasteiger partial charge in [-0.15, -0.1) is 0 Å². The van der Waals surface area contributed by atoms with E-state index in [4.69, 9.17) is 0 Å². The summed E-state index contributed by atoms with van der Waals surface area (Å²) in [5.41, 5.74) is 1.80. The van der Waals surface area contributed by atoms with Gasteiger partial charge in [-0.1, -0.05) is 29.5 Å². The van der Waals surface area contributed by atoms with Crippen LogP contribution in [0.25, 0.3) is 0 Å². The summed E-state index contributed by atoms with van der Waals surface area (Å²) in [5.74, 6) is 0.838. The van der Waals surface area contributed by atoms with Crippen molar-refractivity contribution < 1.29 is 8.42 Å². The standard InChI is InChI=1S/C11H14N2O2S2/c1-8-3-4-10(9(2)7-8)17(14,15)13-11-12-5-6-16-11/h3-4,7H,5-6H2,1-2H3,(H,12,13). The van der Waals surface area contributed by atoms with Gasteiger partial charge in [0.25, 0.3) is 10.0 Å². The van der Waals surface area contributed by atoms with E-state index in [9.17, 15) is 8.42 Å². The summed E-state index contributed by atoms with van der Waals surface area (Å²) < 4.78 is 26.7. The molecule has 0 unspecified atom stereocenters. The fourth-order valence-corrected chi connectivity index (χ4v) is 3.93. The van der Waals surface area contributed by atoms with Gasteiger partial charge in [-0.25, -0.2) is 8.42 Å². The van der Waals surface area contributed by atoms with E-state index >= 15 is 0 Å². The van der Waals surface area contributed by atoms with E-state index in [2.05, 4.69) is 9.71 Å². The maximum absolute atomic E-state index is 12.1. The first kappa shape index (κ1) is 12.4. The zero-order valence-corrected chi connectivity index (χ0v) is 11.4. The summed E-state index contributed by atoms with van der Waals surface area (Å²) >= 11 is 1.43. The third-order valence-electron chi connectivity index (χ3n) is 2.43. The fourth-order valence-electron chi connectivity index (χ4n) is 1.67. The number of sulfonamides is 1. The zero-order chi connectivity index (χ0) is 12.5. The minimum absolute atomic E-state index is 0.318. The molecule has 0 fully saturated rings. The number of benzene rings is 1. The Morgan fingerprint density at radius 3 is 2.71 bits per heavy atom.